The van der Waals surface area contributed by atoms with Crippen molar-refractivity contribution in [2.75, 3.05) is 7.11 Å². The summed E-state index contributed by atoms with van der Waals surface area (Å²) in [6.07, 6.45) is 0.777. The molecule has 0 aliphatic heterocycles. The van der Waals surface area contributed by atoms with Gasteiger partial charge in [-0.15, -0.1) is 0 Å². The fourth-order valence-corrected chi connectivity index (χ4v) is 2.06. The van der Waals surface area contributed by atoms with Crippen LogP contribution < -0.4 is 15.6 Å². The number of rotatable bonds is 6. The summed E-state index contributed by atoms with van der Waals surface area (Å²) in [6.45, 7) is 2.77. The first-order valence-electron chi connectivity index (χ1n) is 7.14. The lowest BCUT2D eigenvalue weighted by atomic mass is 10.2. The van der Waals surface area contributed by atoms with E-state index in [0.29, 0.717) is 18.8 Å². The van der Waals surface area contributed by atoms with Crippen LogP contribution in [0.2, 0.25) is 0 Å². The number of aryl methyl sites for hydroxylation is 1. The standard InChI is InChI=1S/C16H19N3O3/c1-3-10-19-15(20)9-8-13(18-19)16(21)17-11-12-6-4-5-7-14(12)22-2/h4-9H,3,10-11H2,1-2H3,(H,17,21). The Morgan fingerprint density at radius 2 is 2.05 bits per heavy atom. The second-order valence-electron chi connectivity index (χ2n) is 4.77. The van der Waals surface area contributed by atoms with Crippen molar-refractivity contribution >= 4 is 5.91 Å². The van der Waals surface area contributed by atoms with E-state index in [-0.39, 0.29) is 17.2 Å². The molecule has 0 unspecified atom stereocenters. The van der Waals surface area contributed by atoms with Gasteiger partial charge in [0.2, 0.25) is 0 Å². The third-order valence-electron chi connectivity index (χ3n) is 3.17. The van der Waals surface area contributed by atoms with E-state index in [1.165, 1.54) is 16.8 Å². The monoisotopic (exact) mass is 301 g/mol. The summed E-state index contributed by atoms with van der Waals surface area (Å²) >= 11 is 0. The zero-order valence-corrected chi connectivity index (χ0v) is 12.7. The molecule has 1 heterocycles. The second-order valence-corrected chi connectivity index (χ2v) is 4.77. The fraction of sp³-hybridized carbons (Fsp3) is 0.312. The van der Waals surface area contributed by atoms with Crippen molar-refractivity contribution in [3.05, 3.63) is 58.0 Å². The van der Waals surface area contributed by atoms with Crippen molar-refractivity contribution in [3.8, 4) is 5.75 Å². The topological polar surface area (TPSA) is 73.2 Å². The predicted molar refractivity (Wildman–Crippen MR) is 83.0 cm³/mol. The third kappa shape index (κ3) is 3.72. The van der Waals surface area contributed by atoms with Crippen LogP contribution in [0.3, 0.4) is 0 Å². The van der Waals surface area contributed by atoms with E-state index in [0.717, 1.165) is 12.0 Å². The summed E-state index contributed by atoms with van der Waals surface area (Å²) in [6, 6.07) is 10.3. The highest BCUT2D eigenvalue weighted by molar-refractivity contribution is 5.91. The number of ether oxygens (including phenoxy) is 1. The van der Waals surface area contributed by atoms with Gasteiger partial charge >= 0.3 is 0 Å². The molecule has 1 aromatic heterocycles. The zero-order chi connectivity index (χ0) is 15.9. The molecule has 0 saturated heterocycles. The number of aromatic nitrogens is 2. The Balaban J connectivity index is 2.09. The largest absolute Gasteiger partial charge is 0.496 e. The number of carbonyl (C=O) groups is 1. The SMILES string of the molecule is CCCn1nc(C(=O)NCc2ccccc2OC)ccc1=O. The van der Waals surface area contributed by atoms with Gasteiger partial charge in [0, 0.05) is 24.7 Å². The lowest BCUT2D eigenvalue weighted by Crippen LogP contribution is -2.29. The number of hydrogen-bond acceptors (Lipinski definition) is 4. The number of nitrogens with one attached hydrogen (secondary N) is 1. The van der Waals surface area contributed by atoms with Gasteiger partial charge in [-0.25, -0.2) is 4.68 Å². The van der Waals surface area contributed by atoms with Crippen LogP contribution in [-0.2, 0) is 13.1 Å². The van der Waals surface area contributed by atoms with Crippen molar-refractivity contribution in [1.29, 1.82) is 0 Å². The lowest BCUT2D eigenvalue weighted by molar-refractivity contribution is 0.0943. The molecule has 6 nitrogen and oxygen atoms in total. The number of para-hydroxylation sites is 1. The molecular weight excluding hydrogens is 282 g/mol. The van der Waals surface area contributed by atoms with Gasteiger partial charge < -0.3 is 10.1 Å². The Hall–Kier alpha value is -2.63. The minimum absolute atomic E-state index is 0.205. The third-order valence-corrected chi connectivity index (χ3v) is 3.17. The lowest BCUT2D eigenvalue weighted by Gasteiger charge is -2.10. The molecule has 1 aromatic carbocycles. The molecule has 2 rings (SSSR count). The summed E-state index contributed by atoms with van der Waals surface area (Å²) in [4.78, 5) is 23.8. The minimum Gasteiger partial charge on any atom is -0.496 e. The van der Waals surface area contributed by atoms with E-state index >= 15 is 0 Å². The molecule has 0 atom stereocenters. The first-order chi connectivity index (χ1) is 10.7. The summed E-state index contributed by atoms with van der Waals surface area (Å²) in [5.74, 6) is 0.391. The molecule has 22 heavy (non-hydrogen) atoms. The Bertz CT molecular complexity index is 710. The molecule has 2 aromatic rings. The van der Waals surface area contributed by atoms with Crippen LogP contribution in [0.4, 0.5) is 0 Å². The average Bonchev–Trinajstić information content (AvgIpc) is 2.55. The van der Waals surface area contributed by atoms with Gasteiger partial charge in [-0.3, -0.25) is 9.59 Å². The molecule has 6 heteroatoms. The van der Waals surface area contributed by atoms with Gasteiger partial charge in [0.15, 0.2) is 0 Å². The van der Waals surface area contributed by atoms with Gasteiger partial charge in [-0.1, -0.05) is 25.1 Å². The van der Waals surface area contributed by atoms with Gasteiger partial charge in [0.25, 0.3) is 11.5 Å². The molecule has 116 valence electrons. The van der Waals surface area contributed by atoms with E-state index < -0.39 is 0 Å². The Kier molecular flexibility index (Phi) is 5.30. The molecule has 0 radical (unpaired) electrons. The van der Waals surface area contributed by atoms with Crippen molar-refractivity contribution < 1.29 is 9.53 Å². The van der Waals surface area contributed by atoms with Crippen LogP contribution in [0, 0.1) is 0 Å². The molecule has 1 N–H and O–H groups in total. The average molecular weight is 301 g/mol. The van der Waals surface area contributed by atoms with Crippen LogP contribution >= 0.6 is 0 Å². The second kappa shape index (κ2) is 7.40. The van der Waals surface area contributed by atoms with Crippen LogP contribution in [0.15, 0.2) is 41.2 Å². The van der Waals surface area contributed by atoms with E-state index in [2.05, 4.69) is 10.4 Å². The molecule has 0 spiro atoms. The Morgan fingerprint density at radius 1 is 1.27 bits per heavy atom. The smallest absolute Gasteiger partial charge is 0.271 e. The highest BCUT2D eigenvalue weighted by Crippen LogP contribution is 2.16. The van der Waals surface area contributed by atoms with Crippen LogP contribution in [0.1, 0.15) is 29.4 Å². The quantitative estimate of drug-likeness (QED) is 0.879. The summed E-state index contributed by atoms with van der Waals surface area (Å²) in [7, 11) is 1.59. The normalized spacial score (nSPS) is 10.3. The summed E-state index contributed by atoms with van der Waals surface area (Å²) in [5, 5.41) is 6.86. The molecular formula is C16H19N3O3. The van der Waals surface area contributed by atoms with Crippen molar-refractivity contribution in [3.63, 3.8) is 0 Å². The van der Waals surface area contributed by atoms with E-state index in [9.17, 15) is 9.59 Å². The van der Waals surface area contributed by atoms with E-state index in [4.69, 9.17) is 4.74 Å². The van der Waals surface area contributed by atoms with E-state index in [1.54, 1.807) is 7.11 Å². The zero-order valence-electron chi connectivity index (χ0n) is 12.7. The first kappa shape index (κ1) is 15.8. The molecule has 0 fully saturated rings. The molecule has 0 bridgehead atoms. The molecule has 1 amide bonds. The van der Waals surface area contributed by atoms with Gasteiger partial charge in [-0.2, -0.15) is 5.10 Å². The van der Waals surface area contributed by atoms with Crippen molar-refractivity contribution in [2.45, 2.75) is 26.4 Å². The van der Waals surface area contributed by atoms with Gasteiger partial charge in [-0.05, 0) is 18.6 Å². The van der Waals surface area contributed by atoms with E-state index in [1.807, 2.05) is 31.2 Å². The molecule has 0 aliphatic carbocycles. The predicted octanol–water partition coefficient (Wildman–Crippen LogP) is 1.59. The summed E-state index contributed by atoms with van der Waals surface area (Å²) in [5.41, 5.74) is 0.895. The number of methoxy groups -OCH3 is 1. The number of amides is 1. The highest BCUT2D eigenvalue weighted by atomic mass is 16.5. The highest BCUT2D eigenvalue weighted by Gasteiger charge is 2.10. The Labute approximate surface area is 128 Å². The number of nitrogens with zero attached hydrogens (tertiary/aromatic N) is 2. The van der Waals surface area contributed by atoms with Crippen molar-refractivity contribution in [2.24, 2.45) is 0 Å². The molecule has 0 aliphatic rings. The van der Waals surface area contributed by atoms with Crippen molar-refractivity contribution in [1.82, 2.24) is 15.1 Å². The maximum atomic E-state index is 12.2. The van der Waals surface area contributed by atoms with Gasteiger partial charge in [0.1, 0.15) is 11.4 Å². The summed E-state index contributed by atoms with van der Waals surface area (Å²) < 4.78 is 6.54. The number of benzene rings is 1. The van der Waals surface area contributed by atoms with Crippen LogP contribution in [0.5, 0.6) is 5.75 Å². The fourth-order valence-electron chi connectivity index (χ4n) is 2.06. The maximum absolute atomic E-state index is 12.2. The number of hydrogen-bond donors (Lipinski definition) is 1. The minimum atomic E-state index is -0.323. The molecule has 0 saturated carbocycles. The maximum Gasteiger partial charge on any atom is 0.271 e. The van der Waals surface area contributed by atoms with Crippen LogP contribution in [0.25, 0.3) is 0 Å². The van der Waals surface area contributed by atoms with Crippen LogP contribution in [-0.4, -0.2) is 22.8 Å². The van der Waals surface area contributed by atoms with Gasteiger partial charge in [0.05, 0.1) is 7.11 Å². The Morgan fingerprint density at radius 3 is 2.77 bits per heavy atom. The first-order valence-corrected chi connectivity index (χ1v) is 7.14. The number of carbonyl (C=O) groups excluding carboxylic acids is 1.